The molecule has 4 rings (SSSR count). The maximum Gasteiger partial charge on any atom is 0.417 e. The Morgan fingerprint density at radius 3 is 2.29 bits per heavy atom. The molecule has 2 unspecified atom stereocenters. The van der Waals surface area contributed by atoms with E-state index in [2.05, 4.69) is 4.90 Å². The number of nitrogens with zero attached hydrogens (tertiary/aromatic N) is 1. The van der Waals surface area contributed by atoms with Crippen molar-refractivity contribution in [3.63, 3.8) is 0 Å². The Morgan fingerprint density at radius 2 is 1.71 bits per heavy atom. The third kappa shape index (κ3) is 4.67. The van der Waals surface area contributed by atoms with Crippen LogP contribution in [0.4, 0.5) is 0 Å². The van der Waals surface area contributed by atoms with E-state index in [1.165, 1.54) is 5.56 Å². The second kappa shape index (κ2) is 10.2. The molecule has 2 atom stereocenters. The third-order valence-corrected chi connectivity index (χ3v) is 6.31. The van der Waals surface area contributed by atoms with Gasteiger partial charge in [-0.1, -0.05) is 0 Å². The highest BCUT2D eigenvalue weighted by Crippen LogP contribution is 2.44. The molecule has 0 fully saturated rings. The molecule has 31 heavy (non-hydrogen) atoms. The number of hydrogen-bond donors (Lipinski definition) is 0. The Labute approximate surface area is 195 Å². The molecular weight excluding hydrogens is 465 g/mol. The lowest BCUT2D eigenvalue weighted by Gasteiger charge is -2.37. The summed E-state index contributed by atoms with van der Waals surface area (Å²) in [4.78, 5) is 2.36. The van der Waals surface area contributed by atoms with Crippen LogP contribution in [0.5, 0.6) is 28.7 Å². The Kier molecular flexibility index (Phi) is 7.80. The predicted molar refractivity (Wildman–Crippen MR) is 122 cm³/mol. The predicted octanol–water partition coefficient (Wildman–Crippen LogP) is 3.86. The van der Waals surface area contributed by atoms with E-state index in [9.17, 15) is 4.21 Å². The fraction of sp³-hybridized carbons (Fsp3) is 0.429. The van der Waals surface area contributed by atoms with E-state index >= 15 is 0 Å². The van der Waals surface area contributed by atoms with Gasteiger partial charge in [0.15, 0.2) is 23.0 Å². The van der Waals surface area contributed by atoms with Gasteiger partial charge < -0.3 is 22.6 Å². The van der Waals surface area contributed by atoms with Crippen LogP contribution in [0.3, 0.4) is 0 Å². The van der Waals surface area contributed by atoms with E-state index in [0.717, 1.165) is 30.6 Å². The molecule has 2 aliphatic rings. The number of halogens is 2. The summed E-state index contributed by atoms with van der Waals surface area (Å²) >= 11 is 4.32. The molecule has 0 radical (unpaired) electrons. The van der Waals surface area contributed by atoms with Gasteiger partial charge in [0.25, 0.3) is 0 Å². The van der Waals surface area contributed by atoms with Crippen molar-refractivity contribution < 1.29 is 26.8 Å². The van der Waals surface area contributed by atoms with Gasteiger partial charge in [0.05, 0.1) is 21.3 Å². The maximum atomic E-state index is 11.7. The highest BCUT2D eigenvalue weighted by Gasteiger charge is 2.32. The minimum atomic E-state index is -1.77. The van der Waals surface area contributed by atoms with Gasteiger partial charge in [-0.15, -0.1) is 24.0 Å². The topological polar surface area (TPSA) is 66.5 Å². The van der Waals surface area contributed by atoms with Gasteiger partial charge in [-0.05, 0) is 53.8 Å². The zero-order valence-electron chi connectivity index (χ0n) is 17.5. The largest absolute Gasteiger partial charge is 0.493 e. The fourth-order valence-electron chi connectivity index (χ4n) is 4.15. The molecule has 0 aromatic heterocycles. The lowest BCUT2D eigenvalue weighted by Crippen LogP contribution is -2.37. The van der Waals surface area contributed by atoms with Crippen molar-refractivity contribution in [2.45, 2.75) is 18.9 Å². The highest BCUT2D eigenvalue weighted by atomic mass is 35.5. The second-order valence-electron chi connectivity index (χ2n) is 7.10. The molecule has 0 amide bonds. The molecule has 2 aliphatic heterocycles. The molecule has 2 aromatic rings. The summed E-state index contributed by atoms with van der Waals surface area (Å²) in [7, 11) is 4.81. The normalized spacial score (nSPS) is 19.4. The average molecular weight is 490 g/mol. The number of rotatable bonds is 7. The van der Waals surface area contributed by atoms with Crippen LogP contribution in [0.2, 0.25) is 0 Å². The first-order valence-corrected chi connectivity index (χ1v) is 11.2. The van der Waals surface area contributed by atoms with Crippen molar-refractivity contribution in [2.75, 3.05) is 40.3 Å². The Balaban J connectivity index is 0.00000272. The lowest BCUT2D eigenvalue weighted by atomic mass is 9.88. The van der Waals surface area contributed by atoms with E-state index in [-0.39, 0.29) is 18.4 Å². The minimum Gasteiger partial charge on any atom is -0.493 e. The van der Waals surface area contributed by atoms with E-state index in [1.54, 1.807) is 21.3 Å². The van der Waals surface area contributed by atoms with Crippen molar-refractivity contribution in [2.24, 2.45) is 0 Å². The van der Waals surface area contributed by atoms with Crippen molar-refractivity contribution in [1.82, 2.24) is 4.90 Å². The van der Waals surface area contributed by atoms with Crippen LogP contribution in [-0.4, -0.2) is 49.4 Å². The van der Waals surface area contributed by atoms with Gasteiger partial charge in [-0.25, -0.2) is 0 Å². The van der Waals surface area contributed by atoms with E-state index in [0.29, 0.717) is 41.0 Å². The molecule has 0 N–H and O–H groups in total. The van der Waals surface area contributed by atoms with E-state index in [4.69, 9.17) is 34.2 Å². The minimum absolute atomic E-state index is 0. The molecule has 170 valence electrons. The summed E-state index contributed by atoms with van der Waals surface area (Å²) in [6.45, 7) is 1.63. The third-order valence-electron chi connectivity index (χ3n) is 5.51. The number of alkyl halides is 1. The Bertz CT molecular complexity index is 948. The van der Waals surface area contributed by atoms with Crippen LogP contribution >= 0.6 is 24.0 Å². The zero-order valence-corrected chi connectivity index (χ0v) is 19.9. The SMILES string of the molecule is COc1cc(CC2c3cc4c(cc3CCN2CCCl)OS(=O)O4)cc(OC)c1OC.Cl. The molecule has 0 spiro atoms. The quantitative estimate of drug-likeness (QED) is 0.546. The summed E-state index contributed by atoms with van der Waals surface area (Å²) in [5.41, 5.74) is 3.34. The Hall–Kier alpha value is -1.87. The van der Waals surface area contributed by atoms with Gasteiger partial charge in [-0.3, -0.25) is 4.90 Å². The van der Waals surface area contributed by atoms with E-state index in [1.807, 2.05) is 24.3 Å². The maximum absolute atomic E-state index is 11.7. The molecule has 2 heterocycles. The van der Waals surface area contributed by atoms with Crippen LogP contribution < -0.4 is 22.6 Å². The first-order chi connectivity index (χ1) is 14.6. The van der Waals surface area contributed by atoms with Gasteiger partial charge in [0.2, 0.25) is 5.75 Å². The molecule has 10 heteroatoms. The van der Waals surface area contributed by atoms with Crippen LogP contribution in [0.1, 0.15) is 22.7 Å². The summed E-state index contributed by atoms with van der Waals surface area (Å²) in [5.74, 6) is 3.38. The molecule has 2 aromatic carbocycles. The molecule has 0 aliphatic carbocycles. The van der Waals surface area contributed by atoms with Crippen LogP contribution in [0.25, 0.3) is 0 Å². The number of fused-ring (bicyclic) bond motifs is 2. The van der Waals surface area contributed by atoms with Crippen molar-refractivity contribution in [3.8, 4) is 28.7 Å². The summed E-state index contributed by atoms with van der Waals surface area (Å²) in [6.07, 6.45) is 1.57. The highest BCUT2D eigenvalue weighted by molar-refractivity contribution is 7.76. The number of benzene rings is 2. The van der Waals surface area contributed by atoms with Gasteiger partial charge in [0, 0.05) is 25.0 Å². The second-order valence-corrected chi connectivity index (χ2v) is 8.22. The molecule has 0 saturated heterocycles. The van der Waals surface area contributed by atoms with Crippen molar-refractivity contribution in [3.05, 3.63) is 41.0 Å². The van der Waals surface area contributed by atoms with Crippen molar-refractivity contribution >= 4 is 35.4 Å². The van der Waals surface area contributed by atoms with Gasteiger partial charge in [0.1, 0.15) is 0 Å². The average Bonchev–Trinajstić information content (AvgIpc) is 3.12. The summed E-state index contributed by atoms with van der Waals surface area (Å²) in [5, 5.41) is 0. The van der Waals surface area contributed by atoms with Gasteiger partial charge >= 0.3 is 11.4 Å². The lowest BCUT2D eigenvalue weighted by molar-refractivity contribution is 0.194. The standard InChI is InChI=1S/C21H24ClNO6S.ClH/c1-25-19-9-13(10-20(26-2)21(19)27-3)8-16-15-12-18-17(28-30(24)29-18)11-14(15)4-6-23(16)7-5-22;/h9-12,16H,4-8H2,1-3H3;1H. The van der Waals surface area contributed by atoms with Gasteiger partial charge in [-0.2, -0.15) is 4.21 Å². The molecule has 0 bridgehead atoms. The fourth-order valence-corrected chi connectivity index (χ4v) is 4.95. The molecule has 7 nitrogen and oxygen atoms in total. The van der Waals surface area contributed by atoms with Crippen molar-refractivity contribution in [1.29, 1.82) is 0 Å². The summed E-state index contributed by atoms with van der Waals surface area (Å²) in [6, 6.07) is 7.89. The Morgan fingerprint density at radius 1 is 1.06 bits per heavy atom. The van der Waals surface area contributed by atoms with Crippen LogP contribution in [0, 0.1) is 0 Å². The number of methoxy groups -OCH3 is 3. The van der Waals surface area contributed by atoms with E-state index < -0.39 is 11.4 Å². The van der Waals surface area contributed by atoms with Crippen LogP contribution in [-0.2, 0) is 24.2 Å². The summed E-state index contributed by atoms with van der Waals surface area (Å²) < 4.78 is 38.7. The van der Waals surface area contributed by atoms with Crippen LogP contribution in [0.15, 0.2) is 24.3 Å². The monoisotopic (exact) mass is 489 g/mol. The first-order valence-electron chi connectivity index (χ1n) is 9.62. The number of ether oxygens (including phenoxy) is 3. The first kappa shape index (κ1) is 23.8. The zero-order chi connectivity index (χ0) is 21.3. The number of hydrogen-bond acceptors (Lipinski definition) is 7. The molecule has 0 saturated carbocycles. The molecular formula is C21H25Cl2NO6S. The smallest absolute Gasteiger partial charge is 0.417 e.